The summed E-state index contributed by atoms with van der Waals surface area (Å²) in [6.45, 7) is 3.81. The van der Waals surface area contributed by atoms with Crippen LogP contribution in [0.4, 0.5) is 0 Å². The first kappa shape index (κ1) is 13.1. The molecule has 5 heteroatoms. The Hall–Kier alpha value is -0.910. The Bertz CT molecular complexity index is 447. The van der Waals surface area contributed by atoms with Crippen molar-refractivity contribution in [3.63, 3.8) is 0 Å². The van der Waals surface area contributed by atoms with Crippen molar-refractivity contribution in [3.05, 3.63) is 17.7 Å². The predicted octanol–water partition coefficient (Wildman–Crippen LogP) is 2.06. The number of fused-ring (bicyclic) bond motifs is 1. The molecule has 0 spiro atoms. The molecule has 1 atom stereocenters. The highest BCUT2D eigenvalue weighted by Crippen LogP contribution is 2.36. The van der Waals surface area contributed by atoms with Gasteiger partial charge in [0.15, 0.2) is 11.5 Å². The minimum atomic E-state index is 0.475. The molecule has 0 aromatic heterocycles. The van der Waals surface area contributed by atoms with Crippen LogP contribution in [-0.4, -0.2) is 38.7 Å². The van der Waals surface area contributed by atoms with Gasteiger partial charge in [-0.1, -0.05) is 0 Å². The van der Waals surface area contributed by atoms with Gasteiger partial charge in [0, 0.05) is 24.1 Å². The molecule has 1 saturated heterocycles. The van der Waals surface area contributed by atoms with E-state index in [0.29, 0.717) is 19.3 Å². The number of nitrogens with one attached hydrogen (secondary N) is 1. The van der Waals surface area contributed by atoms with Gasteiger partial charge in [-0.05, 0) is 30.4 Å². The number of ether oxygens (including phenoxy) is 3. The largest absolute Gasteiger partial charge is 0.486 e. The summed E-state index contributed by atoms with van der Waals surface area (Å²) in [6.07, 6.45) is 3.19. The monoisotopic (exact) mass is 281 g/mol. The Balaban J connectivity index is 1.74. The van der Waals surface area contributed by atoms with Crippen LogP contribution >= 0.6 is 11.8 Å². The zero-order chi connectivity index (χ0) is 13.1. The molecule has 2 heterocycles. The van der Waals surface area contributed by atoms with Crippen molar-refractivity contribution in [2.24, 2.45) is 0 Å². The first-order valence-electron chi connectivity index (χ1n) is 6.64. The molecular weight excluding hydrogens is 262 g/mol. The van der Waals surface area contributed by atoms with Gasteiger partial charge in [-0.3, -0.25) is 0 Å². The highest BCUT2D eigenvalue weighted by molar-refractivity contribution is 7.98. The summed E-state index contributed by atoms with van der Waals surface area (Å²) >= 11 is 1.74. The van der Waals surface area contributed by atoms with Gasteiger partial charge in [0.05, 0.1) is 6.61 Å². The van der Waals surface area contributed by atoms with E-state index in [2.05, 4.69) is 23.7 Å². The third-order valence-corrected chi connectivity index (χ3v) is 4.28. The summed E-state index contributed by atoms with van der Waals surface area (Å²) in [7, 11) is 0. The topological polar surface area (TPSA) is 39.7 Å². The van der Waals surface area contributed by atoms with E-state index in [1.807, 2.05) is 0 Å². The lowest BCUT2D eigenvalue weighted by atomic mass is 10.1. The van der Waals surface area contributed by atoms with Gasteiger partial charge in [-0.15, -0.1) is 11.8 Å². The molecule has 1 unspecified atom stereocenters. The molecule has 2 aliphatic rings. The highest BCUT2D eigenvalue weighted by atomic mass is 32.2. The fraction of sp³-hybridized carbons (Fsp3) is 0.571. The van der Waals surface area contributed by atoms with Gasteiger partial charge >= 0.3 is 0 Å². The summed E-state index contributed by atoms with van der Waals surface area (Å²) in [5.41, 5.74) is 1.27. The van der Waals surface area contributed by atoms with E-state index < -0.39 is 0 Å². The van der Waals surface area contributed by atoms with Gasteiger partial charge in [-0.25, -0.2) is 0 Å². The van der Waals surface area contributed by atoms with Gasteiger partial charge in [-0.2, -0.15) is 0 Å². The van der Waals surface area contributed by atoms with Crippen molar-refractivity contribution >= 4 is 11.8 Å². The Labute approximate surface area is 117 Å². The number of rotatable bonds is 4. The second-order valence-electron chi connectivity index (χ2n) is 4.75. The maximum absolute atomic E-state index is 5.65. The maximum atomic E-state index is 5.65. The van der Waals surface area contributed by atoms with E-state index in [0.717, 1.165) is 37.7 Å². The van der Waals surface area contributed by atoms with Crippen LogP contribution in [0.2, 0.25) is 0 Å². The Morgan fingerprint density at radius 2 is 2.00 bits per heavy atom. The molecule has 1 N–H and O–H groups in total. The van der Waals surface area contributed by atoms with E-state index in [1.54, 1.807) is 11.8 Å². The normalized spacial score (nSPS) is 21.6. The van der Waals surface area contributed by atoms with Gasteiger partial charge in [0.1, 0.15) is 13.2 Å². The third kappa shape index (κ3) is 2.99. The average Bonchev–Trinajstić information content (AvgIpc) is 2.97. The lowest BCUT2D eigenvalue weighted by Crippen LogP contribution is -2.28. The van der Waals surface area contributed by atoms with Crippen LogP contribution in [0.5, 0.6) is 11.5 Å². The number of thioether (sulfide) groups is 1. The van der Waals surface area contributed by atoms with Gasteiger partial charge in [0.2, 0.25) is 0 Å². The summed E-state index contributed by atoms with van der Waals surface area (Å²) in [5, 5.41) is 3.54. The second kappa shape index (κ2) is 6.03. The quantitative estimate of drug-likeness (QED) is 0.855. The SMILES string of the molecule is CSc1cc2c(cc1CNC1CCOC1)OCCO2. The smallest absolute Gasteiger partial charge is 0.162 e. The first-order chi connectivity index (χ1) is 9.36. The van der Waals surface area contributed by atoms with Crippen LogP contribution in [-0.2, 0) is 11.3 Å². The van der Waals surface area contributed by atoms with Crippen LogP contribution in [0.25, 0.3) is 0 Å². The Morgan fingerprint density at radius 3 is 2.68 bits per heavy atom. The molecule has 1 aromatic rings. The summed E-state index contributed by atoms with van der Waals surface area (Å²) in [4.78, 5) is 1.25. The lowest BCUT2D eigenvalue weighted by molar-refractivity contribution is 0.170. The molecule has 0 amide bonds. The Kier molecular flexibility index (Phi) is 4.15. The molecule has 0 aliphatic carbocycles. The molecule has 0 bridgehead atoms. The molecule has 1 aromatic carbocycles. The third-order valence-electron chi connectivity index (χ3n) is 3.46. The summed E-state index contributed by atoms with van der Waals surface area (Å²) < 4.78 is 16.6. The maximum Gasteiger partial charge on any atom is 0.162 e. The fourth-order valence-corrected chi connectivity index (χ4v) is 3.01. The molecule has 104 valence electrons. The number of benzene rings is 1. The van der Waals surface area contributed by atoms with Gasteiger partial charge < -0.3 is 19.5 Å². The van der Waals surface area contributed by atoms with Crippen molar-refractivity contribution in [2.75, 3.05) is 32.7 Å². The second-order valence-corrected chi connectivity index (χ2v) is 5.60. The van der Waals surface area contributed by atoms with E-state index in [9.17, 15) is 0 Å². The minimum absolute atomic E-state index is 0.475. The molecule has 0 saturated carbocycles. The molecule has 1 fully saturated rings. The average molecular weight is 281 g/mol. The molecule has 3 rings (SSSR count). The van der Waals surface area contributed by atoms with E-state index in [-0.39, 0.29) is 0 Å². The minimum Gasteiger partial charge on any atom is -0.486 e. The van der Waals surface area contributed by atoms with Crippen molar-refractivity contribution < 1.29 is 14.2 Å². The summed E-state index contributed by atoms with van der Waals surface area (Å²) in [5.74, 6) is 1.73. The molecule has 2 aliphatic heterocycles. The van der Waals surface area contributed by atoms with Gasteiger partial charge in [0.25, 0.3) is 0 Å². The first-order valence-corrected chi connectivity index (χ1v) is 7.87. The van der Waals surface area contributed by atoms with Crippen molar-refractivity contribution in [2.45, 2.75) is 23.9 Å². The van der Waals surface area contributed by atoms with Crippen LogP contribution in [0.3, 0.4) is 0 Å². The van der Waals surface area contributed by atoms with Crippen molar-refractivity contribution in [1.82, 2.24) is 5.32 Å². The fourth-order valence-electron chi connectivity index (χ4n) is 2.39. The number of hydrogen-bond acceptors (Lipinski definition) is 5. The van der Waals surface area contributed by atoms with E-state index in [4.69, 9.17) is 14.2 Å². The van der Waals surface area contributed by atoms with Crippen molar-refractivity contribution in [3.8, 4) is 11.5 Å². The zero-order valence-corrected chi connectivity index (χ0v) is 11.9. The zero-order valence-electron chi connectivity index (χ0n) is 11.1. The van der Waals surface area contributed by atoms with Crippen LogP contribution in [0, 0.1) is 0 Å². The standard InChI is InChI=1S/C14H19NO3S/c1-19-14-7-13-12(17-4-5-18-13)6-10(14)8-15-11-2-3-16-9-11/h6-7,11,15H,2-5,8-9H2,1H3. The molecule has 19 heavy (non-hydrogen) atoms. The predicted molar refractivity (Wildman–Crippen MR) is 75.3 cm³/mol. The molecule has 4 nitrogen and oxygen atoms in total. The molecular formula is C14H19NO3S. The molecule has 0 radical (unpaired) electrons. The van der Waals surface area contributed by atoms with Crippen LogP contribution < -0.4 is 14.8 Å². The lowest BCUT2D eigenvalue weighted by Gasteiger charge is -2.21. The summed E-state index contributed by atoms with van der Waals surface area (Å²) in [6, 6.07) is 4.66. The van der Waals surface area contributed by atoms with Crippen LogP contribution in [0.1, 0.15) is 12.0 Å². The number of hydrogen-bond donors (Lipinski definition) is 1. The van der Waals surface area contributed by atoms with Crippen molar-refractivity contribution in [1.29, 1.82) is 0 Å². The van der Waals surface area contributed by atoms with E-state index in [1.165, 1.54) is 10.5 Å². The highest BCUT2D eigenvalue weighted by Gasteiger charge is 2.18. The van der Waals surface area contributed by atoms with E-state index >= 15 is 0 Å². The van der Waals surface area contributed by atoms with Crippen LogP contribution in [0.15, 0.2) is 17.0 Å². The Morgan fingerprint density at radius 1 is 1.21 bits per heavy atom.